The van der Waals surface area contributed by atoms with Crippen LogP contribution < -0.4 is 14.8 Å². The molecule has 1 aromatic heterocycles. The maximum absolute atomic E-state index is 12.4. The molecule has 9 heteroatoms. The number of carbonyl (C=O) groups is 2. The molecule has 0 unspecified atom stereocenters. The van der Waals surface area contributed by atoms with Gasteiger partial charge in [-0.3, -0.25) is 4.79 Å². The SMILES string of the molecule is COC(=O)c1cc(OC)c(OC)cc1NC(=O)c1cc(Cl)sc1Cl. The maximum atomic E-state index is 12.4. The lowest BCUT2D eigenvalue weighted by atomic mass is 10.1. The van der Waals surface area contributed by atoms with E-state index in [9.17, 15) is 9.59 Å². The smallest absolute Gasteiger partial charge is 0.340 e. The molecule has 0 fully saturated rings. The Morgan fingerprint density at radius 1 is 1.00 bits per heavy atom. The van der Waals surface area contributed by atoms with Crippen molar-refractivity contribution in [2.24, 2.45) is 0 Å². The molecule has 1 amide bonds. The molecule has 1 N–H and O–H groups in total. The summed E-state index contributed by atoms with van der Waals surface area (Å²) in [5, 5.41) is 2.61. The van der Waals surface area contributed by atoms with E-state index < -0.39 is 11.9 Å². The van der Waals surface area contributed by atoms with Crippen LogP contribution in [0.3, 0.4) is 0 Å². The van der Waals surface area contributed by atoms with Gasteiger partial charge in [0, 0.05) is 12.1 Å². The first-order valence-corrected chi connectivity index (χ1v) is 8.09. The normalized spacial score (nSPS) is 10.2. The van der Waals surface area contributed by atoms with Crippen LogP contribution in [0.4, 0.5) is 5.69 Å². The molecule has 0 bridgehead atoms. The first-order chi connectivity index (χ1) is 11.4. The minimum absolute atomic E-state index is 0.112. The molecule has 0 atom stereocenters. The monoisotopic (exact) mass is 389 g/mol. The van der Waals surface area contributed by atoms with Gasteiger partial charge in [-0.1, -0.05) is 23.2 Å². The van der Waals surface area contributed by atoms with Crippen molar-refractivity contribution in [3.05, 3.63) is 38.0 Å². The summed E-state index contributed by atoms with van der Waals surface area (Å²) < 4.78 is 15.7. The Labute approximate surface area is 152 Å². The molecular weight excluding hydrogens is 377 g/mol. The fourth-order valence-corrected chi connectivity index (χ4v) is 3.40. The number of hydrogen-bond donors (Lipinski definition) is 1. The van der Waals surface area contributed by atoms with Crippen molar-refractivity contribution in [2.75, 3.05) is 26.6 Å². The lowest BCUT2D eigenvalue weighted by molar-refractivity contribution is 0.0601. The number of thiophene rings is 1. The molecule has 2 aromatic rings. The summed E-state index contributed by atoms with van der Waals surface area (Å²) in [6, 6.07) is 4.33. The summed E-state index contributed by atoms with van der Waals surface area (Å²) in [5.41, 5.74) is 0.515. The van der Waals surface area contributed by atoms with Crippen LogP contribution in [0.15, 0.2) is 18.2 Å². The third-order valence-corrected chi connectivity index (χ3v) is 4.57. The van der Waals surface area contributed by atoms with Crippen molar-refractivity contribution in [1.29, 1.82) is 0 Å². The van der Waals surface area contributed by atoms with Crippen molar-refractivity contribution < 1.29 is 23.8 Å². The Bertz CT molecular complexity index is 790. The molecule has 0 saturated heterocycles. The highest BCUT2D eigenvalue weighted by molar-refractivity contribution is 7.20. The van der Waals surface area contributed by atoms with Gasteiger partial charge in [-0.15, -0.1) is 11.3 Å². The molecule has 0 spiro atoms. The Morgan fingerprint density at radius 2 is 1.62 bits per heavy atom. The van der Waals surface area contributed by atoms with Crippen LogP contribution in [0.25, 0.3) is 0 Å². The second-order valence-electron chi connectivity index (χ2n) is 4.44. The van der Waals surface area contributed by atoms with Crippen LogP contribution in [0.1, 0.15) is 20.7 Å². The summed E-state index contributed by atoms with van der Waals surface area (Å²) in [4.78, 5) is 24.4. The van der Waals surface area contributed by atoms with Gasteiger partial charge < -0.3 is 19.5 Å². The lowest BCUT2D eigenvalue weighted by Gasteiger charge is -2.14. The number of rotatable bonds is 5. The fourth-order valence-electron chi connectivity index (χ4n) is 1.95. The number of ether oxygens (including phenoxy) is 3. The number of esters is 1. The average Bonchev–Trinajstić information content (AvgIpc) is 2.92. The topological polar surface area (TPSA) is 73.9 Å². The van der Waals surface area contributed by atoms with Crippen molar-refractivity contribution in [1.82, 2.24) is 0 Å². The van der Waals surface area contributed by atoms with Crippen LogP contribution in [-0.2, 0) is 4.74 Å². The Balaban J connectivity index is 2.45. The van der Waals surface area contributed by atoms with Gasteiger partial charge in [-0.05, 0) is 6.07 Å². The Morgan fingerprint density at radius 3 is 2.12 bits per heavy atom. The quantitative estimate of drug-likeness (QED) is 0.778. The fraction of sp³-hybridized carbons (Fsp3) is 0.200. The zero-order valence-corrected chi connectivity index (χ0v) is 15.3. The number of benzene rings is 1. The van der Waals surface area contributed by atoms with Crippen molar-refractivity contribution >= 4 is 52.1 Å². The zero-order valence-electron chi connectivity index (χ0n) is 12.9. The Hall–Kier alpha value is -1.96. The first kappa shape index (κ1) is 18.4. The summed E-state index contributed by atoms with van der Waals surface area (Å²) in [6.07, 6.45) is 0. The van der Waals surface area contributed by atoms with Gasteiger partial charge >= 0.3 is 5.97 Å². The summed E-state index contributed by atoms with van der Waals surface area (Å²) in [6.45, 7) is 0. The Kier molecular flexibility index (Phi) is 5.93. The van der Waals surface area contributed by atoms with Gasteiger partial charge in [0.2, 0.25) is 0 Å². The predicted molar refractivity (Wildman–Crippen MR) is 93.2 cm³/mol. The molecule has 0 aliphatic carbocycles. The van der Waals surface area contributed by atoms with Crippen LogP contribution in [0.5, 0.6) is 11.5 Å². The highest BCUT2D eigenvalue weighted by atomic mass is 35.5. The third kappa shape index (κ3) is 3.75. The third-order valence-electron chi connectivity index (χ3n) is 3.08. The number of halogens is 2. The van der Waals surface area contributed by atoms with Crippen LogP contribution in [-0.4, -0.2) is 33.2 Å². The second-order valence-corrected chi connectivity index (χ2v) is 6.72. The van der Waals surface area contributed by atoms with Gasteiger partial charge in [-0.25, -0.2) is 4.79 Å². The molecule has 24 heavy (non-hydrogen) atoms. The van der Waals surface area contributed by atoms with Gasteiger partial charge in [0.1, 0.15) is 4.34 Å². The average molecular weight is 390 g/mol. The summed E-state index contributed by atoms with van der Waals surface area (Å²) in [5.74, 6) is -0.483. The van der Waals surface area contributed by atoms with Crippen molar-refractivity contribution in [2.45, 2.75) is 0 Å². The van der Waals surface area contributed by atoms with E-state index in [-0.39, 0.29) is 21.2 Å². The molecule has 2 rings (SSSR count). The van der Waals surface area contributed by atoms with Crippen LogP contribution in [0, 0.1) is 0 Å². The summed E-state index contributed by atoms with van der Waals surface area (Å²) >= 11 is 12.9. The number of hydrogen-bond acceptors (Lipinski definition) is 6. The van der Waals surface area contributed by atoms with E-state index in [0.29, 0.717) is 15.8 Å². The molecule has 1 heterocycles. The molecule has 128 valence electrons. The number of amides is 1. The van der Waals surface area contributed by atoms with Gasteiger partial charge in [0.25, 0.3) is 5.91 Å². The van der Waals surface area contributed by atoms with Gasteiger partial charge in [-0.2, -0.15) is 0 Å². The minimum Gasteiger partial charge on any atom is -0.493 e. The standard InChI is InChI=1S/C15H13Cl2NO5S/c1-21-10-4-7(15(20)23-3)9(6-11(10)22-2)18-14(19)8-5-12(16)24-13(8)17/h4-6H,1-3H3,(H,18,19). The summed E-state index contributed by atoms with van der Waals surface area (Å²) in [7, 11) is 4.11. The van der Waals surface area contributed by atoms with Crippen molar-refractivity contribution in [3.63, 3.8) is 0 Å². The van der Waals surface area contributed by atoms with Gasteiger partial charge in [0.05, 0.1) is 42.5 Å². The lowest BCUT2D eigenvalue weighted by Crippen LogP contribution is -2.15. The van der Waals surface area contributed by atoms with E-state index in [4.69, 9.17) is 37.4 Å². The largest absolute Gasteiger partial charge is 0.493 e. The van der Waals surface area contributed by atoms with Crippen LogP contribution in [0.2, 0.25) is 8.67 Å². The predicted octanol–water partition coefficient (Wildman–Crippen LogP) is 4.11. The van der Waals surface area contributed by atoms with E-state index in [1.807, 2.05) is 0 Å². The second kappa shape index (κ2) is 7.74. The molecule has 0 aliphatic rings. The number of nitrogens with one attached hydrogen (secondary N) is 1. The molecule has 0 saturated carbocycles. The number of methoxy groups -OCH3 is 3. The highest BCUT2D eigenvalue weighted by Gasteiger charge is 2.21. The number of carbonyl (C=O) groups excluding carboxylic acids is 2. The van der Waals surface area contributed by atoms with E-state index in [0.717, 1.165) is 11.3 Å². The molecule has 0 radical (unpaired) electrons. The zero-order chi connectivity index (χ0) is 17.9. The van der Waals surface area contributed by atoms with E-state index in [1.165, 1.54) is 39.5 Å². The van der Waals surface area contributed by atoms with Crippen molar-refractivity contribution in [3.8, 4) is 11.5 Å². The highest BCUT2D eigenvalue weighted by Crippen LogP contribution is 2.35. The molecule has 0 aliphatic heterocycles. The van der Waals surface area contributed by atoms with E-state index in [1.54, 1.807) is 0 Å². The number of anilines is 1. The van der Waals surface area contributed by atoms with E-state index in [2.05, 4.69) is 5.32 Å². The van der Waals surface area contributed by atoms with Gasteiger partial charge in [0.15, 0.2) is 11.5 Å². The molecular formula is C15H13Cl2NO5S. The maximum Gasteiger partial charge on any atom is 0.340 e. The molecule has 6 nitrogen and oxygen atoms in total. The molecule has 1 aromatic carbocycles. The van der Waals surface area contributed by atoms with Crippen LogP contribution >= 0.6 is 34.5 Å². The van der Waals surface area contributed by atoms with E-state index >= 15 is 0 Å². The first-order valence-electron chi connectivity index (χ1n) is 6.51. The minimum atomic E-state index is -0.638.